The zero-order valence-corrected chi connectivity index (χ0v) is 12.6. The van der Waals surface area contributed by atoms with Crippen LogP contribution in [-0.4, -0.2) is 11.7 Å². The van der Waals surface area contributed by atoms with Crippen molar-refractivity contribution in [1.82, 2.24) is 5.32 Å². The van der Waals surface area contributed by atoms with Crippen LogP contribution in [0.1, 0.15) is 11.1 Å². The Balaban J connectivity index is 1.98. The van der Waals surface area contributed by atoms with Crippen molar-refractivity contribution < 1.29 is 18.6 Å². The molecule has 3 nitrogen and oxygen atoms in total. The van der Waals surface area contributed by atoms with Gasteiger partial charge in [-0.15, -0.1) is 0 Å². The Labute approximate surface area is 129 Å². The third-order valence-corrected chi connectivity index (χ3v) is 3.31. The van der Waals surface area contributed by atoms with Crippen molar-refractivity contribution in [3.63, 3.8) is 0 Å². The standard InChI is InChI=1S/C15H14BrF2NO2/c16-12-3-6-14(21-15(17)18)11(7-12)9-19-8-10-1-4-13(20)5-2-10/h1-7,15,19-20H,8-9H2. The van der Waals surface area contributed by atoms with Crippen LogP contribution in [-0.2, 0) is 13.1 Å². The summed E-state index contributed by atoms with van der Waals surface area (Å²) in [5.74, 6) is 0.366. The van der Waals surface area contributed by atoms with Gasteiger partial charge in [-0.2, -0.15) is 8.78 Å². The summed E-state index contributed by atoms with van der Waals surface area (Å²) in [6.45, 7) is -1.90. The fraction of sp³-hybridized carbons (Fsp3) is 0.200. The smallest absolute Gasteiger partial charge is 0.387 e. The van der Waals surface area contributed by atoms with E-state index < -0.39 is 6.61 Å². The lowest BCUT2D eigenvalue weighted by Crippen LogP contribution is -2.14. The van der Waals surface area contributed by atoms with E-state index in [0.717, 1.165) is 10.0 Å². The van der Waals surface area contributed by atoms with E-state index >= 15 is 0 Å². The molecule has 0 amide bonds. The van der Waals surface area contributed by atoms with Gasteiger partial charge in [-0.3, -0.25) is 0 Å². The highest BCUT2D eigenvalue weighted by atomic mass is 79.9. The number of benzene rings is 2. The number of phenolic OH excluding ortho intramolecular Hbond substituents is 1. The van der Waals surface area contributed by atoms with Crippen LogP contribution in [0.3, 0.4) is 0 Å². The molecule has 0 aromatic heterocycles. The fourth-order valence-corrected chi connectivity index (χ4v) is 2.26. The Hall–Kier alpha value is -1.66. The molecule has 0 fully saturated rings. The van der Waals surface area contributed by atoms with E-state index in [-0.39, 0.29) is 11.5 Å². The van der Waals surface area contributed by atoms with Crippen molar-refractivity contribution in [1.29, 1.82) is 0 Å². The minimum Gasteiger partial charge on any atom is -0.508 e. The second-order valence-electron chi connectivity index (χ2n) is 4.40. The molecular formula is C15H14BrF2NO2. The Morgan fingerprint density at radius 3 is 2.48 bits per heavy atom. The van der Waals surface area contributed by atoms with Crippen LogP contribution >= 0.6 is 15.9 Å². The van der Waals surface area contributed by atoms with Gasteiger partial charge in [0.05, 0.1) is 0 Å². The van der Waals surface area contributed by atoms with Gasteiger partial charge >= 0.3 is 6.61 Å². The second kappa shape index (κ2) is 7.38. The van der Waals surface area contributed by atoms with Gasteiger partial charge in [-0.1, -0.05) is 28.1 Å². The molecule has 112 valence electrons. The van der Waals surface area contributed by atoms with Crippen LogP contribution in [0, 0.1) is 0 Å². The molecule has 0 unspecified atom stereocenters. The van der Waals surface area contributed by atoms with Gasteiger partial charge in [-0.05, 0) is 35.9 Å². The van der Waals surface area contributed by atoms with Crippen LogP contribution < -0.4 is 10.1 Å². The SMILES string of the molecule is Oc1ccc(CNCc2cc(Br)ccc2OC(F)F)cc1. The molecule has 0 heterocycles. The molecule has 2 aromatic rings. The highest BCUT2D eigenvalue weighted by Crippen LogP contribution is 2.24. The van der Waals surface area contributed by atoms with Gasteiger partial charge in [-0.25, -0.2) is 0 Å². The minimum absolute atomic E-state index is 0.159. The molecular weight excluding hydrogens is 344 g/mol. The first-order chi connectivity index (χ1) is 10.0. The van der Waals surface area contributed by atoms with Crippen molar-refractivity contribution in [2.24, 2.45) is 0 Å². The van der Waals surface area contributed by atoms with Crippen molar-refractivity contribution >= 4 is 15.9 Å². The summed E-state index contributed by atoms with van der Waals surface area (Å²) in [4.78, 5) is 0. The zero-order chi connectivity index (χ0) is 15.2. The highest BCUT2D eigenvalue weighted by molar-refractivity contribution is 9.10. The number of alkyl halides is 2. The molecule has 0 aliphatic rings. The molecule has 0 saturated carbocycles. The lowest BCUT2D eigenvalue weighted by Gasteiger charge is -2.12. The van der Waals surface area contributed by atoms with E-state index in [1.807, 2.05) is 0 Å². The molecule has 0 radical (unpaired) electrons. The molecule has 0 aliphatic carbocycles. The van der Waals surface area contributed by atoms with Gasteiger partial charge in [0.25, 0.3) is 0 Å². The summed E-state index contributed by atoms with van der Waals surface area (Å²) in [5, 5.41) is 12.3. The molecule has 6 heteroatoms. The zero-order valence-electron chi connectivity index (χ0n) is 11.0. The van der Waals surface area contributed by atoms with Crippen LogP contribution in [0.25, 0.3) is 0 Å². The molecule has 2 rings (SSSR count). The predicted molar refractivity (Wildman–Crippen MR) is 79.4 cm³/mol. The van der Waals surface area contributed by atoms with Crippen molar-refractivity contribution in [3.05, 3.63) is 58.1 Å². The van der Waals surface area contributed by atoms with Crippen LogP contribution in [0.15, 0.2) is 46.9 Å². The number of hydrogen-bond acceptors (Lipinski definition) is 3. The van der Waals surface area contributed by atoms with Gasteiger partial charge in [0.1, 0.15) is 11.5 Å². The van der Waals surface area contributed by atoms with E-state index in [9.17, 15) is 13.9 Å². The summed E-state index contributed by atoms with van der Waals surface area (Å²) in [7, 11) is 0. The van der Waals surface area contributed by atoms with Gasteiger partial charge in [0, 0.05) is 23.1 Å². The maximum atomic E-state index is 12.3. The molecule has 0 spiro atoms. The Bertz CT molecular complexity index is 591. The number of rotatable bonds is 6. The first-order valence-corrected chi connectivity index (χ1v) is 7.06. The number of halogens is 3. The third kappa shape index (κ3) is 4.99. The average Bonchev–Trinajstić information content (AvgIpc) is 2.43. The van der Waals surface area contributed by atoms with Gasteiger partial charge in [0.15, 0.2) is 0 Å². The summed E-state index contributed by atoms with van der Waals surface area (Å²) < 4.78 is 30.0. The molecule has 21 heavy (non-hydrogen) atoms. The quantitative estimate of drug-likeness (QED) is 0.819. The van der Waals surface area contributed by atoms with E-state index in [4.69, 9.17) is 0 Å². The molecule has 2 aromatic carbocycles. The maximum absolute atomic E-state index is 12.3. The predicted octanol–water partition coefficient (Wildman–Crippen LogP) is 4.05. The number of hydrogen-bond donors (Lipinski definition) is 2. The number of ether oxygens (including phenoxy) is 1. The Kier molecular flexibility index (Phi) is 5.52. The summed E-state index contributed by atoms with van der Waals surface area (Å²) in [6, 6.07) is 11.7. The molecule has 2 N–H and O–H groups in total. The van der Waals surface area contributed by atoms with Crippen LogP contribution in [0.5, 0.6) is 11.5 Å². The first kappa shape index (κ1) is 15.7. The van der Waals surface area contributed by atoms with Crippen LogP contribution in [0.4, 0.5) is 8.78 Å². The van der Waals surface area contributed by atoms with Gasteiger partial charge < -0.3 is 15.2 Å². The normalized spacial score (nSPS) is 10.9. The van der Waals surface area contributed by atoms with Crippen molar-refractivity contribution in [2.75, 3.05) is 0 Å². The Morgan fingerprint density at radius 2 is 1.81 bits per heavy atom. The molecule has 0 aliphatic heterocycles. The maximum Gasteiger partial charge on any atom is 0.387 e. The van der Waals surface area contributed by atoms with Crippen LogP contribution in [0.2, 0.25) is 0 Å². The molecule has 0 bridgehead atoms. The molecule has 0 atom stereocenters. The number of phenols is 1. The minimum atomic E-state index is -2.85. The highest BCUT2D eigenvalue weighted by Gasteiger charge is 2.10. The average molecular weight is 358 g/mol. The van der Waals surface area contributed by atoms with Crippen molar-refractivity contribution in [3.8, 4) is 11.5 Å². The number of aromatic hydroxyl groups is 1. The summed E-state index contributed by atoms with van der Waals surface area (Å²) in [5.41, 5.74) is 1.63. The Morgan fingerprint density at radius 1 is 1.10 bits per heavy atom. The monoisotopic (exact) mass is 357 g/mol. The lowest BCUT2D eigenvalue weighted by molar-refractivity contribution is -0.0505. The summed E-state index contributed by atoms with van der Waals surface area (Å²) >= 11 is 3.31. The molecule has 0 saturated heterocycles. The van der Waals surface area contributed by atoms with Gasteiger partial charge in [0.2, 0.25) is 0 Å². The fourth-order valence-electron chi connectivity index (χ4n) is 1.85. The first-order valence-electron chi connectivity index (χ1n) is 6.26. The number of nitrogens with one attached hydrogen (secondary N) is 1. The second-order valence-corrected chi connectivity index (χ2v) is 5.32. The van der Waals surface area contributed by atoms with E-state index in [1.54, 1.807) is 36.4 Å². The van der Waals surface area contributed by atoms with E-state index in [0.29, 0.717) is 18.7 Å². The lowest BCUT2D eigenvalue weighted by atomic mass is 10.2. The van der Waals surface area contributed by atoms with E-state index in [1.165, 1.54) is 6.07 Å². The largest absolute Gasteiger partial charge is 0.508 e. The topological polar surface area (TPSA) is 41.5 Å². The third-order valence-electron chi connectivity index (χ3n) is 2.82. The summed E-state index contributed by atoms with van der Waals surface area (Å²) in [6.07, 6.45) is 0. The van der Waals surface area contributed by atoms with E-state index in [2.05, 4.69) is 26.0 Å². The van der Waals surface area contributed by atoms with Crippen molar-refractivity contribution in [2.45, 2.75) is 19.7 Å².